The number of nitrogens with zero attached hydrogens (tertiary/aromatic N) is 2. The summed E-state index contributed by atoms with van der Waals surface area (Å²) in [6, 6.07) is 19.3. The highest BCUT2D eigenvalue weighted by molar-refractivity contribution is 9.43. The van der Waals surface area contributed by atoms with Crippen molar-refractivity contribution in [1.82, 2.24) is 9.97 Å². The van der Waals surface area contributed by atoms with Gasteiger partial charge in [-0.25, -0.2) is 13.8 Å². The first-order valence-corrected chi connectivity index (χ1v) is 69.3. The summed E-state index contributed by atoms with van der Waals surface area (Å²) < 4.78 is 31.7. The van der Waals surface area contributed by atoms with Crippen molar-refractivity contribution in [1.29, 1.82) is 0 Å². The van der Waals surface area contributed by atoms with Crippen molar-refractivity contribution in [2.45, 2.75) is 0 Å². The van der Waals surface area contributed by atoms with E-state index in [0.717, 1.165) is 18.6 Å². The topological polar surface area (TPSA) is 92.5 Å². The van der Waals surface area contributed by atoms with E-state index in [1.165, 1.54) is 31.4 Å². The number of halogens is 3. The van der Waals surface area contributed by atoms with E-state index in [1.54, 1.807) is 30.6 Å². The molecule has 0 aliphatic rings. The lowest BCUT2D eigenvalue weighted by Crippen LogP contribution is -2.29. The molecule has 2 aromatic carbocycles. The van der Waals surface area contributed by atoms with Crippen molar-refractivity contribution >= 4 is 268 Å². The van der Waals surface area contributed by atoms with Crippen LogP contribution in [-0.4, -0.2) is 40.5 Å². The first-order valence-electron chi connectivity index (χ1n) is 16.3. The maximum atomic E-state index is 13.3. The van der Waals surface area contributed by atoms with Gasteiger partial charge in [0, 0.05) is 18.0 Å². The molecule has 0 radical (unpaired) electrons. The normalized spacial score (nSPS) is 12.7. The Hall–Kier alpha value is 9.00. The molecule has 4 aromatic rings. The molecule has 0 spiro atoms. The van der Waals surface area contributed by atoms with E-state index in [9.17, 15) is 13.6 Å². The van der Waals surface area contributed by atoms with Crippen LogP contribution in [0.5, 0.6) is 5.75 Å². The number of aromatic nitrogens is 2. The molecular formula is C24H51BBrF2N2O4P29. The van der Waals surface area contributed by atoms with Crippen LogP contribution >= 0.6 is 249 Å². The Labute approximate surface area is 432 Å². The third-order valence-electron chi connectivity index (χ3n) is 6.57. The van der Waals surface area contributed by atoms with Crippen molar-refractivity contribution in [3.05, 3.63) is 107 Å². The molecule has 350 valence electrons. The first kappa shape index (κ1) is 70.0. The highest BCUT2D eigenvalue weighted by atomic mass is 79.9. The van der Waals surface area contributed by atoms with E-state index in [4.69, 9.17) is 10.0 Å². The summed E-state index contributed by atoms with van der Waals surface area (Å²) in [6.45, 7) is 0.173. The smallest absolute Gasteiger partial charge is 0.488 e. The van der Waals surface area contributed by atoms with Gasteiger partial charge in [0.15, 0.2) is 17.9 Å². The molecule has 0 amide bonds. The molecule has 0 aliphatic carbocycles. The largest absolute Gasteiger partial charge is 0.494 e. The maximum Gasteiger partial charge on any atom is 0.488 e. The predicted octanol–water partition coefficient (Wildman–Crippen LogP) is 20.7. The molecule has 18 unspecified atom stereocenters. The highest BCUT2D eigenvalue weighted by Crippen LogP contribution is 3.37. The second kappa shape index (κ2) is 39.4. The van der Waals surface area contributed by atoms with Gasteiger partial charge in [0.25, 0.3) is 0 Å². The van der Waals surface area contributed by atoms with Crippen LogP contribution in [0.25, 0.3) is 11.3 Å². The van der Waals surface area contributed by atoms with Crippen LogP contribution < -0.4 is 10.2 Å². The van der Waals surface area contributed by atoms with Crippen LogP contribution in [0.1, 0.15) is 10.4 Å². The van der Waals surface area contributed by atoms with Crippen LogP contribution in [0.15, 0.2) is 89.8 Å². The summed E-state index contributed by atoms with van der Waals surface area (Å²) in [4.78, 5) is 18.4. The fourth-order valence-electron chi connectivity index (χ4n) is 4.06. The highest BCUT2D eigenvalue weighted by Gasteiger charge is 2.49. The van der Waals surface area contributed by atoms with Crippen molar-refractivity contribution in [3.8, 4) is 17.0 Å². The van der Waals surface area contributed by atoms with E-state index in [-0.39, 0.29) is 108 Å². The molecular weight excluding hydrogens is 1410 g/mol. The van der Waals surface area contributed by atoms with Crippen LogP contribution in [0.3, 0.4) is 0 Å². The molecule has 0 saturated carbocycles. The van der Waals surface area contributed by atoms with Crippen LogP contribution in [0.2, 0.25) is 0 Å². The Balaban J connectivity index is 0.000000478. The summed E-state index contributed by atoms with van der Waals surface area (Å²) in [6.07, 6.45) is 3.88. The molecule has 0 fully saturated rings. The van der Waals surface area contributed by atoms with Crippen LogP contribution in [0.4, 0.5) is 8.78 Å². The van der Waals surface area contributed by atoms with E-state index in [2.05, 4.69) is 165 Å². The van der Waals surface area contributed by atoms with E-state index in [0.29, 0.717) is 17.5 Å². The van der Waals surface area contributed by atoms with Gasteiger partial charge in [0.2, 0.25) is 0 Å². The van der Waals surface area contributed by atoms with Crippen molar-refractivity contribution in [2.75, 3.05) is 7.11 Å². The van der Waals surface area contributed by atoms with Gasteiger partial charge in [-0.05, 0) is 161 Å². The minimum atomic E-state index is -1.65. The Morgan fingerprint density at radius 2 is 1.13 bits per heavy atom. The number of benzene rings is 2. The number of hydrogen-bond donors (Lipinski definition) is 2. The zero-order valence-corrected chi connectivity index (χ0v) is 64.5. The SMILES string of the molecule is Brc1ccccn1.COc1ccc(B(O)O)cc1F.O=Cc1ccc(-c2ccccn2)cc1F.PPP(P(P)P)P(P(P(P)P)P(P)P)P(P(P(P)P)P(P)P)P(P(P)P)P(P)P. The van der Waals surface area contributed by atoms with E-state index in [1.807, 2.05) is 24.3 Å². The van der Waals surface area contributed by atoms with Gasteiger partial charge >= 0.3 is 7.12 Å². The molecule has 18 atom stereocenters. The number of hydrogen-bond acceptors (Lipinski definition) is 6. The second-order valence-corrected chi connectivity index (χ2v) is 127. The van der Waals surface area contributed by atoms with Gasteiger partial charge in [-0.3, -0.25) is 9.78 Å². The number of carbonyl (C=O) groups is 1. The van der Waals surface area contributed by atoms with Crippen molar-refractivity contribution in [2.24, 2.45) is 0 Å². The zero-order chi connectivity index (χ0) is 48.1. The molecule has 2 aromatic heterocycles. The molecule has 0 saturated heterocycles. The van der Waals surface area contributed by atoms with Crippen LogP contribution in [-0.2, 0) is 0 Å². The predicted molar refractivity (Wildman–Crippen MR) is 374 cm³/mol. The minimum Gasteiger partial charge on any atom is -0.494 e. The fraction of sp³-hybridized carbons (Fsp3) is 0.0417. The Morgan fingerprint density at radius 3 is 1.44 bits per heavy atom. The van der Waals surface area contributed by atoms with Gasteiger partial charge in [-0.1, -0.05) is 32.2 Å². The number of ether oxygens (including phenoxy) is 1. The average molecular weight is 1460 g/mol. The average Bonchev–Trinajstić information content (AvgIpc) is 3.20. The maximum absolute atomic E-state index is 13.3. The van der Waals surface area contributed by atoms with Gasteiger partial charge < -0.3 is 14.8 Å². The molecule has 0 bridgehead atoms. The molecule has 6 nitrogen and oxygen atoms in total. The van der Waals surface area contributed by atoms with Gasteiger partial charge in [0.05, 0.1) is 18.4 Å². The fourth-order valence-corrected chi connectivity index (χ4v) is 382. The molecule has 2 N–H and O–H groups in total. The summed E-state index contributed by atoms with van der Waals surface area (Å²) in [7, 11) is 49.9. The molecule has 4 rings (SSSR count). The second-order valence-electron chi connectivity index (χ2n) is 10.9. The lowest BCUT2D eigenvalue weighted by atomic mass is 9.80. The summed E-state index contributed by atoms with van der Waals surface area (Å²) in [5.74, 6) is -1.05. The minimum absolute atomic E-state index is 0.0147. The van der Waals surface area contributed by atoms with Crippen molar-refractivity contribution < 1.29 is 28.4 Å². The number of methoxy groups -OCH3 is 1. The third-order valence-corrected chi connectivity index (χ3v) is 198. The standard InChI is InChI=1S/C12H8FNO.C7H8BFO3.C5H4BrN.H31P29/c13-11-7-9(4-5-10(11)8-15)12-3-1-2-6-14-12;1-12-7-3-2-5(8(10)11)4-6(7)9;6-5-3-1-2-4-7-5;1-16-24(17(2)3)28(25(18(4)5)19(6)7)29(26(20(8)9)21(10)11)27(22(12)13)23(14)15/h1-8H;2-4,10-11H,1H3;1-4H;16H,1-15H2. The molecule has 2 heterocycles. The monoisotopic (exact) mass is 1460 g/mol. The molecule has 0 aliphatic heterocycles. The van der Waals surface area contributed by atoms with Crippen molar-refractivity contribution in [3.63, 3.8) is 0 Å². The molecule has 63 heavy (non-hydrogen) atoms. The van der Waals surface area contributed by atoms with E-state index < -0.39 is 18.8 Å². The third kappa shape index (κ3) is 26.5. The van der Waals surface area contributed by atoms with Gasteiger partial charge in [-0.15, -0.1) is 134 Å². The lowest BCUT2D eigenvalue weighted by Gasteiger charge is -2.51. The summed E-state index contributed by atoms with van der Waals surface area (Å²) in [5, 5.41) is 17.3. The van der Waals surface area contributed by atoms with E-state index >= 15 is 0 Å². The quantitative estimate of drug-likeness (QED) is 0.0474. The van der Waals surface area contributed by atoms with Gasteiger partial charge in [-0.2, -0.15) is 0 Å². The Kier molecular flexibility index (Phi) is 43.8. The zero-order valence-electron chi connectivity index (χ0n) is 33.0. The Bertz CT molecular complexity index is 1850. The first-order chi connectivity index (χ1) is 29.5. The summed E-state index contributed by atoms with van der Waals surface area (Å²) in [5.41, 5.74) is 1.52. The Morgan fingerprint density at radius 1 is 0.635 bits per heavy atom. The number of aldehydes is 1. The lowest BCUT2D eigenvalue weighted by molar-refractivity contribution is 0.112. The summed E-state index contributed by atoms with van der Waals surface area (Å²) >= 11 is 3.20. The number of pyridine rings is 2. The van der Waals surface area contributed by atoms with Crippen LogP contribution in [0, 0.1) is 11.6 Å². The van der Waals surface area contributed by atoms with Gasteiger partial charge in [0.1, 0.15) is 10.4 Å². The number of rotatable bonds is 17. The number of carbonyl (C=O) groups excluding carboxylic acids is 1. The molecule has 39 heteroatoms.